The Morgan fingerprint density at radius 1 is 1.03 bits per heavy atom. The molecule has 0 saturated heterocycles. The quantitative estimate of drug-likeness (QED) is 0.357. The summed E-state index contributed by atoms with van der Waals surface area (Å²) in [4.78, 5) is 7.74. The maximum Gasteiger partial charge on any atom is 0.265 e. The molecule has 4 rings (SSSR count). The first-order valence-corrected chi connectivity index (χ1v) is 9.41. The van der Waals surface area contributed by atoms with Crippen LogP contribution in [-0.4, -0.2) is 47.7 Å². The molecule has 154 valence electrons. The zero-order valence-corrected chi connectivity index (χ0v) is 17.2. The van der Waals surface area contributed by atoms with E-state index in [-0.39, 0.29) is 5.95 Å². The lowest BCUT2D eigenvalue weighted by Crippen LogP contribution is -2.00. The van der Waals surface area contributed by atoms with Gasteiger partial charge >= 0.3 is 0 Å². The summed E-state index contributed by atoms with van der Waals surface area (Å²) in [6, 6.07) is 9.81. The van der Waals surface area contributed by atoms with Crippen molar-refractivity contribution in [3.05, 3.63) is 41.5 Å². The molecule has 0 amide bonds. The zero-order valence-electron chi connectivity index (χ0n) is 17.2. The Balaban J connectivity index is 1.59. The monoisotopic (exact) mass is 406 g/mol. The van der Waals surface area contributed by atoms with Crippen LogP contribution in [0, 0.1) is 0 Å². The van der Waals surface area contributed by atoms with Gasteiger partial charge in [-0.3, -0.25) is 0 Å². The third kappa shape index (κ3) is 3.57. The minimum Gasteiger partial charge on any atom is -0.493 e. The number of H-pyrrole nitrogens is 1. The average Bonchev–Trinajstić information content (AvgIpc) is 3.15. The van der Waals surface area contributed by atoms with Gasteiger partial charge in [0.1, 0.15) is 5.52 Å². The summed E-state index contributed by atoms with van der Waals surface area (Å²) in [5.74, 6) is 1.89. The SMILES string of the molecule is CCc1ccc2[nH]c3nc(N/N=C\c4cc(OC)c(OC)c(OC)c4)nnc3c2c1. The number of fused-ring (bicyclic) bond motifs is 3. The van der Waals surface area contributed by atoms with Crippen molar-refractivity contribution in [3.8, 4) is 17.2 Å². The topological polar surface area (TPSA) is 107 Å². The molecule has 0 aliphatic carbocycles. The number of hydrogen-bond acceptors (Lipinski definition) is 8. The fourth-order valence-corrected chi connectivity index (χ4v) is 3.23. The largest absolute Gasteiger partial charge is 0.493 e. The number of hydrazone groups is 1. The molecule has 9 nitrogen and oxygen atoms in total. The molecule has 0 unspecified atom stereocenters. The highest BCUT2D eigenvalue weighted by Gasteiger charge is 2.12. The number of aryl methyl sites for hydroxylation is 1. The molecule has 30 heavy (non-hydrogen) atoms. The Hall–Kier alpha value is -3.88. The Morgan fingerprint density at radius 3 is 2.47 bits per heavy atom. The van der Waals surface area contributed by atoms with E-state index in [1.165, 1.54) is 5.56 Å². The summed E-state index contributed by atoms with van der Waals surface area (Å²) in [7, 11) is 4.69. The summed E-state index contributed by atoms with van der Waals surface area (Å²) >= 11 is 0. The van der Waals surface area contributed by atoms with Gasteiger partial charge in [-0.05, 0) is 36.2 Å². The number of aromatic amines is 1. The molecule has 0 aliphatic rings. The summed E-state index contributed by atoms with van der Waals surface area (Å²) in [5.41, 5.74) is 7.16. The molecule has 2 aromatic carbocycles. The number of hydrogen-bond donors (Lipinski definition) is 2. The summed E-state index contributed by atoms with van der Waals surface area (Å²) in [6.07, 6.45) is 2.57. The molecule has 2 N–H and O–H groups in total. The first kappa shape index (κ1) is 19.4. The van der Waals surface area contributed by atoms with Gasteiger partial charge in [-0.1, -0.05) is 13.0 Å². The van der Waals surface area contributed by atoms with Crippen LogP contribution >= 0.6 is 0 Å². The van der Waals surface area contributed by atoms with E-state index in [0.717, 1.165) is 28.4 Å². The van der Waals surface area contributed by atoms with Crippen molar-refractivity contribution in [2.24, 2.45) is 5.10 Å². The third-order valence-corrected chi connectivity index (χ3v) is 4.75. The molecule has 0 fully saturated rings. The van der Waals surface area contributed by atoms with Gasteiger partial charge in [0.2, 0.25) is 5.75 Å². The van der Waals surface area contributed by atoms with Crippen molar-refractivity contribution >= 4 is 34.2 Å². The smallest absolute Gasteiger partial charge is 0.265 e. The first-order chi connectivity index (χ1) is 14.7. The molecule has 2 heterocycles. The predicted octanol–water partition coefficient (Wildman–Crippen LogP) is 3.54. The second kappa shape index (κ2) is 8.24. The van der Waals surface area contributed by atoms with E-state index < -0.39 is 0 Å². The van der Waals surface area contributed by atoms with Crippen LogP contribution in [0.4, 0.5) is 5.95 Å². The predicted molar refractivity (Wildman–Crippen MR) is 116 cm³/mol. The molecule has 0 atom stereocenters. The number of benzene rings is 2. The van der Waals surface area contributed by atoms with Crippen LogP contribution in [0.15, 0.2) is 35.4 Å². The van der Waals surface area contributed by atoms with Crippen molar-refractivity contribution in [3.63, 3.8) is 0 Å². The van der Waals surface area contributed by atoms with Crippen molar-refractivity contribution < 1.29 is 14.2 Å². The first-order valence-electron chi connectivity index (χ1n) is 9.41. The lowest BCUT2D eigenvalue weighted by Gasteiger charge is -2.12. The average molecular weight is 406 g/mol. The highest BCUT2D eigenvalue weighted by Crippen LogP contribution is 2.37. The van der Waals surface area contributed by atoms with Gasteiger partial charge in [-0.15, -0.1) is 10.2 Å². The van der Waals surface area contributed by atoms with Crippen molar-refractivity contribution in [2.45, 2.75) is 13.3 Å². The molecule has 9 heteroatoms. The van der Waals surface area contributed by atoms with E-state index in [2.05, 4.69) is 49.7 Å². The molecule has 0 bridgehead atoms. The maximum atomic E-state index is 5.35. The fraction of sp³-hybridized carbons (Fsp3) is 0.238. The van der Waals surface area contributed by atoms with Gasteiger partial charge < -0.3 is 19.2 Å². The number of rotatable bonds is 7. The highest BCUT2D eigenvalue weighted by atomic mass is 16.5. The molecule has 2 aromatic heterocycles. The van der Waals surface area contributed by atoms with Crippen molar-refractivity contribution in [1.29, 1.82) is 0 Å². The van der Waals surface area contributed by atoms with E-state index in [0.29, 0.717) is 22.9 Å². The highest BCUT2D eigenvalue weighted by molar-refractivity contribution is 6.03. The third-order valence-electron chi connectivity index (χ3n) is 4.75. The number of nitrogens with one attached hydrogen (secondary N) is 2. The lowest BCUT2D eigenvalue weighted by molar-refractivity contribution is 0.324. The number of nitrogens with zero attached hydrogens (tertiary/aromatic N) is 4. The Labute approximate surface area is 173 Å². The van der Waals surface area contributed by atoms with Crippen LogP contribution in [0.2, 0.25) is 0 Å². The van der Waals surface area contributed by atoms with Crippen LogP contribution in [0.25, 0.3) is 22.1 Å². The van der Waals surface area contributed by atoms with Crippen LogP contribution in [-0.2, 0) is 6.42 Å². The van der Waals surface area contributed by atoms with Crippen LogP contribution < -0.4 is 19.6 Å². The summed E-state index contributed by atoms with van der Waals surface area (Å²) in [6.45, 7) is 2.12. The lowest BCUT2D eigenvalue weighted by atomic mass is 10.1. The van der Waals surface area contributed by atoms with E-state index in [9.17, 15) is 0 Å². The summed E-state index contributed by atoms with van der Waals surface area (Å²) < 4.78 is 16.0. The second-order valence-corrected chi connectivity index (χ2v) is 6.52. The van der Waals surface area contributed by atoms with Gasteiger partial charge in [0, 0.05) is 16.5 Å². The number of aromatic nitrogens is 4. The normalized spacial score (nSPS) is 11.3. The number of methoxy groups -OCH3 is 3. The van der Waals surface area contributed by atoms with Gasteiger partial charge in [-0.25, -0.2) is 5.43 Å². The number of anilines is 1. The van der Waals surface area contributed by atoms with Crippen LogP contribution in [0.1, 0.15) is 18.1 Å². The van der Waals surface area contributed by atoms with E-state index in [4.69, 9.17) is 14.2 Å². The Kier molecular flexibility index (Phi) is 5.34. The minimum atomic E-state index is 0.286. The molecule has 0 spiro atoms. The molecule has 0 saturated carbocycles. The van der Waals surface area contributed by atoms with Crippen LogP contribution in [0.5, 0.6) is 17.2 Å². The molecule has 0 radical (unpaired) electrons. The van der Waals surface area contributed by atoms with Gasteiger partial charge in [0.05, 0.1) is 27.5 Å². The van der Waals surface area contributed by atoms with Crippen molar-refractivity contribution in [2.75, 3.05) is 26.8 Å². The van der Waals surface area contributed by atoms with E-state index in [1.807, 2.05) is 6.07 Å². The summed E-state index contributed by atoms with van der Waals surface area (Å²) in [5, 5.41) is 13.7. The molecule has 0 aliphatic heterocycles. The Morgan fingerprint density at radius 2 is 1.80 bits per heavy atom. The second-order valence-electron chi connectivity index (χ2n) is 6.52. The minimum absolute atomic E-state index is 0.286. The van der Waals surface area contributed by atoms with Crippen LogP contribution in [0.3, 0.4) is 0 Å². The maximum absolute atomic E-state index is 5.35. The van der Waals surface area contributed by atoms with Gasteiger partial charge in [0.15, 0.2) is 17.1 Å². The zero-order chi connectivity index (χ0) is 21.1. The fourth-order valence-electron chi connectivity index (χ4n) is 3.23. The van der Waals surface area contributed by atoms with E-state index >= 15 is 0 Å². The molecular formula is C21H22N6O3. The van der Waals surface area contributed by atoms with Gasteiger partial charge in [0.25, 0.3) is 5.95 Å². The van der Waals surface area contributed by atoms with E-state index in [1.54, 1.807) is 39.7 Å². The van der Waals surface area contributed by atoms with Crippen molar-refractivity contribution in [1.82, 2.24) is 20.2 Å². The van der Waals surface area contributed by atoms with Gasteiger partial charge in [-0.2, -0.15) is 10.1 Å². The Bertz CT molecular complexity index is 1210. The number of ether oxygens (including phenoxy) is 3. The molecule has 4 aromatic rings. The molecular weight excluding hydrogens is 384 g/mol. The standard InChI is InChI=1S/C21H22N6O3/c1-5-12-6-7-15-14(8-12)18-20(23-15)24-21(27-25-18)26-22-11-13-9-16(28-2)19(30-4)17(10-13)29-3/h6-11H,5H2,1-4H3,(H2,23,24,26,27)/b22-11-.